The number of aromatic nitrogens is 1. The first-order chi connectivity index (χ1) is 10.7. The smallest absolute Gasteiger partial charge is 0.253 e. The summed E-state index contributed by atoms with van der Waals surface area (Å²) in [5, 5.41) is 1.27. The summed E-state index contributed by atoms with van der Waals surface area (Å²) in [5.74, 6) is 0.834. The molecule has 22 heavy (non-hydrogen) atoms. The molecule has 2 aliphatic rings. The van der Waals surface area contributed by atoms with E-state index in [0.717, 1.165) is 37.9 Å². The van der Waals surface area contributed by atoms with Crippen molar-refractivity contribution in [3.8, 4) is 0 Å². The van der Waals surface area contributed by atoms with Crippen LogP contribution >= 0.6 is 0 Å². The number of H-pyrrole nitrogens is 1. The highest BCUT2D eigenvalue weighted by Gasteiger charge is 2.23. The number of aryl methyl sites for hydroxylation is 2. The van der Waals surface area contributed by atoms with E-state index in [9.17, 15) is 4.79 Å². The lowest BCUT2D eigenvalue weighted by molar-refractivity contribution is 0.0683. The second-order valence-electron chi connectivity index (χ2n) is 7.05. The van der Waals surface area contributed by atoms with Crippen LogP contribution in [0.3, 0.4) is 0 Å². The van der Waals surface area contributed by atoms with Gasteiger partial charge in [0.2, 0.25) is 0 Å². The Labute approximate surface area is 131 Å². The van der Waals surface area contributed by atoms with Crippen LogP contribution in [0.2, 0.25) is 0 Å². The minimum Gasteiger partial charge on any atom is -0.358 e. The van der Waals surface area contributed by atoms with E-state index in [1.807, 2.05) is 11.0 Å². The minimum atomic E-state index is 0.208. The second-order valence-corrected chi connectivity index (χ2v) is 7.05. The fourth-order valence-corrected chi connectivity index (χ4v) is 4.10. The van der Waals surface area contributed by atoms with Crippen molar-refractivity contribution in [1.29, 1.82) is 0 Å². The van der Waals surface area contributed by atoms with Gasteiger partial charge >= 0.3 is 0 Å². The highest BCUT2D eigenvalue weighted by Crippen LogP contribution is 2.30. The first-order valence-electron chi connectivity index (χ1n) is 8.65. The van der Waals surface area contributed by atoms with Crippen molar-refractivity contribution < 1.29 is 4.79 Å². The van der Waals surface area contributed by atoms with Crippen molar-refractivity contribution in [2.24, 2.45) is 5.92 Å². The van der Waals surface area contributed by atoms with E-state index in [4.69, 9.17) is 0 Å². The van der Waals surface area contributed by atoms with E-state index >= 15 is 0 Å². The number of piperidine rings is 1. The Morgan fingerprint density at radius 2 is 2.09 bits per heavy atom. The minimum absolute atomic E-state index is 0.208. The number of carbonyl (C=O) groups is 1. The molecule has 1 N–H and O–H groups in total. The molecule has 1 aromatic heterocycles. The van der Waals surface area contributed by atoms with Gasteiger partial charge in [0.05, 0.1) is 0 Å². The SMILES string of the molecule is CC1CCCN(C(=O)c2ccc3[nH]c4c(c3c2)CCCC4)C1. The quantitative estimate of drug-likeness (QED) is 0.850. The molecule has 0 radical (unpaired) electrons. The zero-order chi connectivity index (χ0) is 15.1. The van der Waals surface area contributed by atoms with Gasteiger partial charge in [-0.3, -0.25) is 4.79 Å². The van der Waals surface area contributed by atoms with Crippen LogP contribution < -0.4 is 0 Å². The van der Waals surface area contributed by atoms with Gasteiger partial charge in [-0.2, -0.15) is 0 Å². The molecule has 1 amide bonds. The van der Waals surface area contributed by atoms with Gasteiger partial charge < -0.3 is 9.88 Å². The summed E-state index contributed by atoms with van der Waals surface area (Å²) in [6.07, 6.45) is 7.21. The number of likely N-dealkylation sites (tertiary alicyclic amines) is 1. The number of hydrogen-bond acceptors (Lipinski definition) is 1. The first-order valence-corrected chi connectivity index (χ1v) is 8.65. The van der Waals surface area contributed by atoms with E-state index in [0.29, 0.717) is 5.92 Å². The molecule has 0 bridgehead atoms. The largest absolute Gasteiger partial charge is 0.358 e. The molecule has 1 atom stereocenters. The lowest BCUT2D eigenvalue weighted by atomic mass is 9.95. The summed E-state index contributed by atoms with van der Waals surface area (Å²) in [5.41, 5.74) is 4.88. The molecule has 116 valence electrons. The Morgan fingerprint density at radius 1 is 1.23 bits per heavy atom. The van der Waals surface area contributed by atoms with Crippen LogP contribution in [-0.4, -0.2) is 28.9 Å². The topological polar surface area (TPSA) is 36.1 Å². The normalized spacial score (nSPS) is 21.9. The Kier molecular flexibility index (Phi) is 3.44. The molecule has 3 heteroatoms. The highest BCUT2D eigenvalue weighted by molar-refractivity contribution is 5.99. The third-order valence-corrected chi connectivity index (χ3v) is 5.29. The van der Waals surface area contributed by atoms with Crippen LogP contribution in [0.4, 0.5) is 0 Å². The number of amides is 1. The first kappa shape index (κ1) is 13.9. The van der Waals surface area contributed by atoms with Crippen LogP contribution in [0, 0.1) is 5.92 Å². The van der Waals surface area contributed by atoms with Crippen molar-refractivity contribution in [3.63, 3.8) is 0 Å². The van der Waals surface area contributed by atoms with Gasteiger partial charge in [0, 0.05) is 35.2 Å². The lowest BCUT2D eigenvalue weighted by Gasteiger charge is -2.31. The molecule has 2 heterocycles. The van der Waals surface area contributed by atoms with Crippen molar-refractivity contribution in [2.75, 3.05) is 13.1 Å². The van der Waals surface area contributed by atoms with E-state index in [-0.39, 0.29) is 5.91 Å². The number of nitrogens with zero attached hydrogens (tertiary/aromatic N) is 1. The molecule has 0 spiro atoms. The van der Waals surface area contributed by atoms with E-state index in [1.54, 1.807) is 0 Å². The van der Waals surface area contributed by atoms with E-state index in [1.165, 1.54) is 41.4 Å². The highest BCUT2D eigenvalue weighted by atomic mass is 16.2. The maximum Gasteiger partial charge on any atom is 0.253 e. The lowest BCUT2D eigenvalue weighted by Crippen LogP contribution is -2.39. The molecule has 1 saturated heterocycles. The van der Waals surface area contributed by atoms with Crippen molar-refractivity contribution >= 4 is 16.8 Å². The molecule has 0 saturated carbocycles. The van der Waals surface area contributed by atoms with E-state index in [2.05, 4.69) is 24.0 Å². The fourth-order valence-electron chi connectivity index (χ4n) is 4.10. The van der Waals surface area contributed by atoms with Gasteiger partial charge in [0.15, 0.2) is 0 Å². The Balaban J connectivity index is 1.68. The average Bonchev–Trinajstić information content (AvgIpc) is 2.92. The van der Waals surface area contributed by atoms with Crippen molar-refractivity contribution in [1.82, 2.24) is 9.88 Å². The van der Waals surface area contributed by atoms with Crippen LogP contribution in [0.15, 0.2) is 18.2 Å². The van der Waals surface area contributed by atoms with Gasteiger partial charge in [-0.25, -0.2) is 0 Å². The van der Waals surface area contributed by atoms with Gasteiger partial charge in [-0.1, -0.05) is 6.92 Å². The summed E-state index contributed by atoms with van der Waals surface area (Å²) >= 11 is 0. The molecule has 1 unspecified atom stereocenters. The van der Waals surface area contributed by atoms with Crippen molar-refractivity contribution in [2.45, 2.75) is 45.4 Å². The van der Waals surface area contributed by atoms with Gasteiger partial charge in [0.1, 0.15) is 0 Å². The molecule has 4 rings (SSSR count). The number of hydrogen-bond donors (Lipinski definition) is 1. The molecule has 2 aromatic rings. The van der Waals surface area contributed by atoms with Gasteiger partial charge in [0.25, 0.3) is 5.91 Å². The third-order valence-electron chi connectivity index (χ3n) is 5.29. The molecule has 1 aromatic carbocycles. The number of carbonyl (C=O) groups excluding carboxylic acids is 1. The summed E-state index contributed by atoms with van der Waals surface area (Å²) in [4.78, 5) is 18.4. The molecule has 1 aliphatic heterocycles. The number of aromatic amines is 1. The third kappa shape index (κ3) is 2.33. The van der Waals surface area contributed by atoms with Gasteiger partial charge in [-0.05, 0) is 68.2 Å². The van der Waals surface area contributed by atoms with Crippen LogP contribution in [0.5, 0.6) is 0 Å². The summed E-state index contributed by atoms with van der Waals surface area (Å²) in [6, 6.07) is 6.21. The number of fused-ring (bicyclic) bond motifs is 3. The van der Waals surface area contributed by atoms with Crippen LogP contribution in [0.1, 0.15) is 54.2 Å². The van der Waals surface area contributed by atoms with E-state index < -0.39 is 0 Å². The van der Waals surface area contributed by atoms with Gasteiger partial charge in [-0.15, -0.1) is 0 Å². The molecule has 1 fully saturated rings. The molecule has 1 aliphatic carbocycles. The summed E-state index contributed by atoms with van der Waals surface area (Å²) < 4.78 is 0. The zero-order valence-corrected chi connectivity index (χ0v) is 13.3. The number of nitrogens with one attached hydrogen (secondary N) is 1. The zero-order valence-electron chi connectivity index (χ0n) is 13.3. The number of benzene rings is 1. The predicted octanol–water partition coefficient (Wildman–Crippen LogP) is 3.92. The molecular weight excluding hydrogens is 272 g/mol. The fraction of sp³-hybridized carbons (Fsp3) is 0.526. The standard InChI is InChI=1S/C19H24N2O/c1-13-5-4-10-21(12-13)19(22)14-8-9-18-16(11-14)15-6-2-3-7-17(15)20-18/h8-9,11,13,20H,2-7,10,12H2,1H3. The number of rotatable bonds is 1. The Bertz CT molecular complexity index is 716. The monoisotopic (exact) mass is 296 g/mol. The maximum absolute atomic E-state index is 12.8. The molecule has 3 nitrogen and oxygen atoms in total. The van der Waals surface area contributed by atoms with Crippen molar-refractivity contribution in [3.05, 3.63) is 35.0 Å². The maximum atomic E-state index is 12.8. The van der Waals surface area contributed by atoms with Crippen LogP contribution in [0.25, 0.3) is 10.9 Å². The Morgan fingerprint density at radius 3 is 2.95 bits per heavy atom. The second kappa shape index (κ2) is 5.45. The summed E-state index contributed by atoms with van der Waals surface area (Å²) in [7, 11) is 0. The summed E-state index contributed by atoms with van der Waals surface area (Å²) in [6.45, 7) is 4.06. The Hall–Kier alpha value is -1.77. The predicted molar refractivity (Wildman–Crippen MR) is 89.2 cm³/mol. The average molecular weight is 296 g/mol. The molecular formula is C19H24N2O. The van der Waals surface area contributed by atoms with Crippen LogP contribution in [-0.2, 0) is 12.8 Å².